The van der Waals surface area contributed by atoms with Gasteiger partial charge in [0.25, 0.3) is 0 Å². The Morgan fingerprint density at radius 1 is 1.33 bits per heavy atom. The highest BCUT2D eigenvalue weighted by molar-refractivity contribution is 7.11. The van der Waals surface area contributed by atoms with Gasteiger partial charge >= 0.3 is 5.97 Å². The van der Waals surface area contributed by atoms with Crippen molar-refractivity contribution in [3.8, 4) is 0 Å². The summed E-state index contributed by atoms with van der Waals surface area (Å²) in [5.74, 6) is -0.715. The zero-order chi connectivity index (χ0) is 15.4. The van der Waals surface area contributed by atoms with E-state index in [0.29, 0.717) is 0 Å². The van der Waals surface area contributed by atoms with E-state index in [4.69, 9.17) is 4.74 Å². The SMILES string of the molecule is CC(=CC(=O)OCc1sc(C)nc1C)c1ccc(F)cc1. The van der Waals surface area contributed by atoms with Crippen molar-refractivity contribution in [1.82, 2.24) is 4.98 Å². The molecule has 0 unspecified atom stereocenters. The predicted octanol–water partition coefficient (Wildman–Crippen LogP) is 4.05. The van der Waals surface area contributed by atoms with E-state index < -0.39 is 5.97 Å². The molecule has 0 atom stereocenters. The van der Waals surface area contributed by atoms with Crippen molar-refractivity contribution in [3.63, 3.8) is 0 Å². The number of aromatic nitrogens is 1. The van der Waals surface area contributed by atoms with E-state index in [-0.39, 0.29) is 12.4 Å². The molecule has 3 nitrogen and oxygen atoms in total. The number of benzene rings is 1. The molecule has 0 spiro atoms. The van der Waals surface area contributed by atoms with Gasteiger partial charge in [-0.25, -0.2) is 14.2 Å². The van der Waals surface area contributed by atoms with Crippen molar-refractivity contribution in [2.45, 2.75) is 27.4 Å². The third-order valence-corrected chi connectivity index (χ3v) is 4.03. The van der Waals surface area contributed by atoms with Gasteiger partial charge in [-0.2, -0.15) is 0 Å². The minimum atomic E-state index is -0.415. The first-order valence-electron chi connectivity index (χ1n) is 6.49. The van der Waals surface area contributed by atoms with Crippen LogP contribution in [0, 0.1) is 19.7 Å². The number of esters is 1. The van der Waals surface area contributed by atoms with Crippen LogP contribution in [0.25, 0.3) is 5.57 Å². The first-order valence-corrected chi connectivity index (χ1v) is 7.31. The molecule has 0 saturated carbocycles. The van der Waals surface area contributed by atoms with E-state index in [1.54, 1.807) is 19.1 Å². The summed E-state index contributed by atoms with van der Waals surface area (Å²) in [5.41, 5.74) is 2.42. The monoisotopic (exact) mass is 305 g/mol. The summed E-state index contributed by atoms with van der Waals surface area (Å²) < 4.78 is 18.1. The van der Waals surface area contributed by atoms with Crippen molar-refractivity contribution in [1.29, 1.82) is 0 Å². The number of allylic oxidation sites excluding steroid dienone is 1. The second-order valence-corrected chi connectivity index (χ2v) is 5.97. The highest BCUT2D eigenvalue weighted by atomic mass is 32.1. The van der Waals surface area contributed by atoms with Crippen LogP contribution in [0.15, 0.2) is 30.3 Å². The Balaban J connectivity index is 1.98. The number of hydrogen-bond donors (Lipinski definition) is 0. The summed E-state index contributed by atoms with van der Waals surface area (Å²) in [6, 6.07) is 5.99. The van der Waals surface area contributed by atoms with Crippen LogP contribution in [0.3, 0.4) is 0 Å². The van der Waals surface area contributed by atoms with Gasteiger partial charge in [0, 0.05) is 6.08 Å². The summed E-state index contributed by atoms with van der Waals surface area (Å²) in [6.07, 6.45) is 1.41. The van der Waals surface area contributed by atoms with E-state index in [1.807, 2.05) is 13.8 Å². The van der Waals surface area contributed by atoms with E-state index in [2.05, 4.69) is 4.98 Å². The number of nitrogens with zero attached hydrogens (tertiary/aromatic N) is 1. The number of ether oxygens (including phenoxy) is 1. The maximum absolute atomic E-state index is 12.8. The number of rotatable bonds is 4. The molecule has 0 bridgehead atoms. The molecule has 0 radical (unpaired) electrons. The predicted molar refractivity (Wildman–Crippen MR) is 81.4 cm³/mol. The molecule has 2 aromatic rings. The van der Waals surface area contributed by atoms with Gasteiger partial charge < -0.3 is 4.74 Å². The Morgan fingerprint density at radius 3 is 2.57 bits per heavy atom. The van der Waals surface area contributed by atoms with E-state index in [1.165, 1.54) is 29.5 Å². The third-order valence-electron chi connectivity index (χ3n) is 2.98. The lowest BCUT2D eigenvalue weighted by atomic mass is 10.1. The van der Waals surface area contributed by atoms with Crippen LogP contribution in [0.5, 0.6) is 0 Å². The zero-order valence-corrected chi connectivity index (χ0v) is 13.0. The number of carbonyl (C=O) groups excluding carboxylic acids is 1. The number of aryl methyl sites for hydroxylation is 2. The normalized spacial score (nSPS) is 11.5. The van der Waals surface area contributed by atoms with Crippen LogP contribution >= 0.6 is 11.3 Å². The van der Waals surface area contributed by atoms with Crippen molar-refractivity contribution < 1.29 is 13.9 Å². The first-order chi connectivity index (χ1) is 9.95. The average molecular weight is 305 g/mol. The first kappa shape index (κ1) is 15.4. The zero-order valence-electron chi connectivity index (χ0n) is 12.1. The fourth-order valence-electron chi connectivity index (χ4n) is 1.86. The van der Waals surface area contributed by atoms with Crippen molar-refractivity contribution in [3.05, 3.63) is 57.3 Å². The summed E-state index contributed by atoms with van der Waals surface area (Å²) in [5, 5.41) is 0.955. The molecule has 0 aliphatic rings. The van der Waals surface area contributed by atoms with Crippen LogP contribution < -0.4 is 0 Å². The molecule has 0 aliphatic carbocycles. The molecule has 1 aromatic heterocycles. The van der Waals surface area contributed by atoms with Crippen molar-refractivity contribution in [2.24, 2.45) is 0 Å². The lowest BCUT2D eigenvalue weighted by molar-refractivity contribution is -0.138. The summed E-state index contributed by atoms with van der Waals surface area (Å²) in [7, 11) is 0. The molecule has 0 N–H and O–H groups in total. The fraction of sp³-hybridized carbons (Fsp3) is 0.250. The summed E-state index contributed by atoms with van der Waals surface area (Å²) >= 11 is 1.52. The van der Waals surface area contributed by atoms with Crippen molar-refractivity contribution in [2.75, 3.05) is 0 Å². The molecule has 2 rings (SSSR count). The lowest BCUT2D eigenvalue weighted by Crippen LogP contribution is -2.01. The minimum Gasteiger partial charge on any atom is -0.457 e. The molecule has 0 aliphatic heterocycles. The Hall–Kier alpha value is -2.01. The third kappa shape index (κ3) is 4.23. The van der Waals surface area contributed by atoms with E-state index >= 15 is 0 Å². The molecule has 0 saturated heterocycles. The highest BCUT2D eigenvalue weighted by Gasteiger charge is 2.08. The number of thiazole rings is 1. The average Bonchev–Trinajstić information content (AvgIpc) is 2.75. The van der Waals surface area contributed by atoms with Gasteiger partial charge in [0.05, 0.1) is 15.6 Å². The molecule has 5 heteroatoms. The van der Waals surface area contributed by atoms with Gasteiger partial charge in [0.15, 0.2) is 0 Å². The Labute approximate surface area is 127 Å². The second kappa shape index (κ2) is 6.63. The minimum absolute atomic E-state index is 0.226. The van der Waals surface area contributed by atoms with Gasteiger partial charge in [-0.1, -0.05) is 12.1 Å². The number of halogens is 1. The van der Waals surface area contributed by atoms with Crippen LogP contribution in [0.4, 0.5) is 4.39 Å². The number of carbonyl (C=O) groups is 1. The van der Waals surface area contributed by atoms with Gasteiger partial charge in [0.1, 0.15) is 12.4 Å². The van der Waals surface area contributed by atoms with Gasteiger partial charge in [-0.05, 0) is 44.0 Å². The van der Waals surface area contributed by atoms with Gasteiger partial charge in [-0.15, -0.1) is 11.3 Å². The summed E-state index contributed by atoms with van der Waals surface area (Å²) in [4.78, 5) is 17.0. The standard InChI is InChI=1S/C16H16FNO2S/c1-10(13-4-6-14(17)7-5-13)8-16(19)20-9-15-11(2)18-12(3)21-15/h4-8H,9H2,1-3H3. The second-order valence-electron chi connectivity index (χ2n) is 4.68. The smallest absolute Gasteiger partial charge is 0.331 e. The topological polar surface area (TPSA) is 39.2 Å². The van der Waals surface area contributed by atoms with Gasteiger partial charge in [-0.3, -0.25) is 0 Å². The van der Waals surface area contributed by atoms with Crippen LogP contribution in [-0.4, -0.2) is 11.0 Å². The van der Waals surface area contributed by atoms with Crippen molar-refractivity contribution >= 4 is 22.9 Å². The Kier molecular flexibility index (Phi) is 4.85. The molecule has 0 amide bonds. The Bertz CT molecular complexity index is 674. The fourth-order valence-corrected chi connectivity index (χ4v) is 2.71. The molecule has 110 valence electrons. The maximum Gasteiger partial charge on any atom is 0.331 e. The van der Waals surface area contributed by atoms with E-state index in [0.717, 1.165) is 26.7 Å². The molecule has 1 heterocycles. The lowest BCUT2D eigenvalue weighted by Gasteiger charge is -2.03. The van der Waals surface area contributed by atoms with Crippen LogP contribution in [0.2, 0.25) is 0 Å². The summed E-state index contributed by atoms with van der Waals surface area (Å²) in [6.45, 7) is 5.83. The Morgan fingerprint density at radius 2 is 2.00 bits per heavy atom. The molecule has 1 aromatic carbocycles. The maximum atomic E-state index is 12.8. The van der Waals surface area contributed by atoms with Crippen LogP contribution in [0.1, 0.15) is 28.1 Å². The largest absolute Gasteiger partial charge is 0.457 e. The molecule has 21 heavy (non-hydrogen) atoms. The molecular weight excluding hydrogens is 289 g/mol. The molecular formula is C16H16FNO2S. The molecule has 0 fully saturated rings. The van der Waals surface area contributed by atoms with Crippen LogP contribution in [-0.2, 0) is 16.1 Å². The van der Waals surface area contributed by atoms with E-state index in [9.17, 15) is 9.18 Å². The highest BCUT2D eigenvalue weighted by Crippen LogP contribution is 2.19. The quantitative estimate of drug-likeness (QED) is 0.632. The van der Waals surface area contributed by atoms with Gasteiger partial charge in [0.2, 0.25) is 0 Å². The number of hydrogen-bond acceptors (Lipinski definition) is 4.